The Kier molecular flexibility index (Phi) is 5.64. The van der Waals surface area contributed by atoms with E-state index >= 15 is 0 Å². The van der Waals surface area contributed by atoms with Gasteiger partial charge in [-0.1, -0.05) is 25.5 Å². The molecule has 7 heteroatoms. The van der Waals surface area contributed by atoms with Crippen LogP contribution in [0.4, 0.5) is 5.69 Å². The Morgan fingerprint density at radius 1 is 1.00 bits per heavy atom. The van der Waals surface area contributed by atoms with E-state index in [4.69, 9.17) is 0 Å². The minimum atomic E-state index is 0.0798. The maximum atomic E-state index is 13.1. The Morgan fingerprint density at radius 2 is 1.81 bits per heavy atom. The topological polar surface area (TPSA) is 79.6 Å². The molecule has 2 aliphatic rings. The molecule has 3 heterocycles. The Balaban J connectivity index is 1.37. The van der Waals surface area contributed by atoms with Crippen molar-refractivity contribution < 1.29 is 9.59 Å². The maximum absolute atomic E-state index is 13.1. The van der Waals surface area contributed by atoms with Gasteiger partial charge in [0.1, 0.15) is 0 Å². The molecule has 1 saturated carbocycles. The molecule has 1 N–H and O–H groups in total. The molecular formula is C25H29N5O2. The third-order valence-corrected chi connectivity index (χ3v) is 6.90. The summed E-state index contributed by atoms with van der Waals surface area (Å²) in [6.07, 6.45) is 9.28. The molecule has 2 aromatic heterocycles. The summed E-state index contributed by atoms with van der Waals surface area (Å²) in [6.45, 7) is 2.99. The van der Waals surface area contributed by atoms with E-state index in [1.807, 2.05) is 51.9 Å². The quantitative estimate of drug-likeness (QED) is 0.643. The zero-order chi connectivity index (χ0) is 22.1. The van der Waals surface area contributed by atoms with Crippen molar-refractivity contribution >= 4 is 23.1 Å². The van der Waals surface area contributed by atoms with Crippen molar-refractivity contribution in [3.05, 3.63) is 48.2 Å². The van der Waals surface area contributed by atoms with Gasteiger partial charge < -0.3 is 10.2 Å². The lowest BCUT2D eigenvalue weighted by Crippen LogP contribution is -2.43. The number of nitrogens with one attached hydrogen (secondary N) is 1. The van der Waals surface area contributed by atoms with Crippen LogP contribution in [0.25, 0.3) is 17.0 Å². The Bertz CT molecular complexity index is 1130. The minimum absolute atomic E-state index is 0.0798. The first-order valence-corrected chi connectivity index (χ1v) is 11.7. The number of anilines is 1. The van der Waals surface area contributed by atoms with Crippen molar-refractivity contribution in [2.45, 2.75) is 57.9 Å². The lowest BCUT2D eigenvalue weighted by atomic mass is 9.85. The largest absolute Gasteiger partial charge is 0.336 e. The smallest absolute Gasteiger partial charge is 0.254 e. The molecule has 166 valence electrons. The van der Waals surface area contributed by atoms with Crippen LogP contribution in [-0.4, -0.2) is 43.9 Å². The first-order chi connectivity index (χ1) is 15.6. The Labute approximate surface area is 187 Å². The highest BCUT2D eigenvalue weighted by atomic mass is 16.2. The molecule has 1 aromatic carbocycles. The molecular weight excluding hydrogens is 402 g/mol. The fraction of sp³-hybridized carbons (Fsp3) is 0.440. The summed E-state index contributed by atoms with van der Waals surface area (Å²) in [5.41, 5.74) is 3.03. The van der Waals surface area contributed by atoms with E-state index in [1.54, 1.807) is 0 Å². The predicted molar refractivity (Wildman–Crippen MR) is 123 cm³/mol. The van der Waals surface area contributed by atoms with E-state index in [0.29, 0.717) is 23.1 Å². The first-order valence-electron chi connectivity index (χ1n) is 11.7. The van der Waals surface area contributed by atoms with E-state index in [-0.39, 0.29) is 17.7 Å². The summed E-state index contributed by atoms with van der Waals surface area (Å²) < 4.78 is 1.88. The standard InChI is InChI=1S/C25H29N5O2/c1-2-21-8-3-4-15-29(21)25(32)19-11-9-17(10-12-19)23-28-27-22-14-13-20(16-30(22)23)26-24(31)18-6-5-7-18/h9-14,16,18,21H,2-8,15H2,1H3,(H,26,31). The van der Waals surface area contributed by atoms with Crippen molar-refractivity contribution in [2.75, 3.05) is 11.9 Å². The van der Waals surface area contributed by atoms with Crippen molar-refractivity contribution in [3.63, 3.8) is 0 Å². The maximum Gasteiger partial charge on any atom is 0.254 e. The molecule has 7 nitrogen and oxygen atoms in total. The number of fused-ring (bicyclic) bond motifs is 1. The van der Waals surface area contributed by atoms with Gasteiger partial charge in [0.2, 0.25) is 5.91 Å². The number of likely N-dealkylation sites (tertiary alicyclic amines) is 1. The molecule has 0 radical (unpaired) electrons. The lowest BCUT2D eigenvalue weighted by Gasteiger charge is -2.35. The molecule has 32 heavy (non-hydrogen) atoms. The third-order valence-electron chi connectivity index (χ3n) is 6.90. The van der Waals surface area contributed by atoms with E-state index in [0.717, 1.165) is 56.3 Å². The van der Waals surface area contributed by atoms with Crippen LogP contribution < -0.4 is 5.32 Å². The highest BCUT2D eigenvalue weighted by Gasteiger charge is 2.27. The van der Waals surface area contributed by atoms with Crippen LogP contribution in [0, 0.1) is 5.92 Å². The van der Waals surface area contributed by atoms with Gasteiger partial charge in [-0.05, 0) is 62.8 Å². The Hall–Kier alpha value is -3.22. The van der Waals surface area contributed by atoms with Crippen molar-refractivity contribution in [1.29, 1.82) is 0 Å². The summed E-state index contributed by atoms with van der Waals surface area (Å²) >= 11 is 0. The number of hydrogen-bond donors (Lipinski definition) is 1. The summed E-state index contributed by atoms with van der Waals surface area (Å²) in [5.74, 6) is 0.998. The number of hydrogen-bond acceptors (Lipinski definition) is 4. The average molecular weight is 432 g/mol. The van der Waals surface area contributed by atoms with Crippen LogP contribution in [0.15, 0.2) is 42.6 Å². The molecule has 1 saturated heterocycles. The van der Waals surface area contributed by atoms with E-state index < -0.39 is 0 Å². The van der Waals surface area contributed by atoms with E-state index in [2.05, 4.69) is 22.4 Å². The predicted octanol–water partition coefficient (Wildman–Crippen LogP) is 4.54. The van der Waals surface area contributed by atoms with Crippen LogP contribution in [0.1, 0.15) is 62.2 Å². The fourth-order valence-electron chi connectivity index (χ4n) is 4.70. The summed E-state index contributed by atoms with van der Waals surface area (Å²) in [4.78, 5) is 27.4. The van der Waals surface area contributed by atoms with Gasteiger partial charge in [-0.3, -0.25) is 14.0 Å². The molecule has 3 aromatic rings. The summed E-state index contributed by atoms with van der Waals surface area (Å²) in [6, 6.07) is 11.7. The van der Waals surface area contributed by atoms with E-state index in [9.17, 15) is 9.59 Å². The molecule has 1 aliphatic heterocycles. The molecule has 2 fully saturated rings. The van der Waals surface area contributed by atoms with Crippen LogP contribution in [0.2, 0.25) is 0 Å². The first kappa shape index (κ1) is 20.7. The Morgan fingerprint density at radius 3 is 2.53 bits per heavy atom. The summed E-state index contributed by atoms with van der Waals surface area (Å²) in [7, 11) is 0. The number of pyridine rings is 1. The molecule has 0 bridgehead atoms. The summed E-state index contributed by atoms with van der Waals surface area (Å²) in [5, 5.41) is 11.6. The molecule has 5 rings (SSSR count). The number of piperidine rings is 1. The minimum Gasteiger partial charge on any atom is -0.336 e. The van der Waals surface area contributed by atoms with Gasteiger partial charge >= 0.3 is 0 Å². The number of benzene rings is 1. The van der Waals surface area contributed by atoms with E-state index in [1.165, 1.54) is 6.42 Å². The SMILES string of the molecule is CCC1CCCCN1C(=O)c1ccc(-c2nnc3ccc(NC(=O)C4CCC4)cn23)cc1. The van der Waals surface area contributed by atoms with Crippen molar-refractivity contribution in [1.82, 2.24) is 19.5 Å². The normalized spacial score (nSPS) is 19.0. The van der Waals surface area contributed by atoms with Crippen LogP contribution in [-0.2, 0) is 4.79 Å². The highest BCUT2D eigenvalue weighted by Crippen LogP contribution is 2.28. The van der Waals surface area contributed by atoms with Crippen LogP contribution in [0.5, 0.6) is 0 Å². The second kappa shape index (κ2) is 8.73. The molecule has 1 unspecified atom stereocenters. The number of amides is 2. The fourth-order valence-corrected chi connectivity index (χ4v) is 4.70. The van der Waals surface area contributed by atoms with Gasteiger partial charge in [0.25, 0.3) is 5.91 Å². The van der Waals surface area contributed by atoms with Gasteiger partial charge in [0.05, 0.1) is 5.69 Å². The zero-order valence-electron chi connectivity index (χ0n) is 18.5. The van der Waals surface area contributed by atoms with Gasteiger partial charge in [-0.25, -0.2) is 0 Å². The zero-order valence-corrected chi connectivity index (χ0v) is 18.5. The van der Waals surface area contributed by atoms with Crippen LogP contribution >= 0.6 is 0 Å². The van der Waals surface area contributed by atoms with Crippen molar-refractivity contribution in [2.24, 2.45) is 5.92 Å². The van der Waals surface area contributed by atoms with Gasteiger partial charge in [0, 0.05) is 35.8 Å². The lowest BCUT2D eigenvalue weighted by molar-refractivity contribution is -0.122. The second-order valence-electron chi connectivity index (χ2n) is 8.92. The number of carbonyl (C=O) groups excluding carboxylic acids is 2. The van der Waals surface area contributed by atoms with Gasteiger partial charge in [-0.15, -0.1) is 10.2 Å². The van der Waals surface area contributed by atoms with Crippen LogP contribution in [0.3, 0.4) is 0 Å². The molecule has 0 spiro atoms. The number of carbonyl (C=O) groups is 2. The van der Waals surface area contributed by atoms with Gasteiger partial charge in [-0.2, -0.15) is 0 Å². The second-order valence-corrected chi connectivity index (χ2v) is 8.92. The highest BCUT2D eigenvalue weighted by molar-refractivity contribution is 5.95. The molecule has 1 atom stereocenters. The van der Waals surface area contributed by atoms with Crippen molar-refractivity contribution in [3.8, 4) is 11.4 Å². The molecule has 1 aliphatic carbocycles. The van der Waals surface area contributed by atoms with Gasteiger partial charge in [0.15, 0.2) is 11.5 Å². The number of aromatic nitrogens is 3. The molecule has 2 amide bonds. The average Bonchev–Trinajstić information content (AvgIpc) is 3.20. The monoisotopic (exact) mass is 431 g/mol. The number of rotatable bonds is 5. The third kappa shape index (κ3) is 3.87. The number of nitrogens with zero attached hydrogens (tertiary/aromatic N) is 4.